The monoisotopic (exact) mass is 584 g/mol. The van der Waals surface area contributed by atoms with Crippen LogP contribution in [0.3, 0.4) is 0 Å². The van der Waals surface area contributed by atoms with Gasteiger partial charge in [-0.2, -0.15) is 0 Å². The van der Waals surface area contributed by atoms with E-state index in [1.165, 1.54) is 16.7 Å². The third-order valence-electron chi connectivity index (χ3n) is 5.55. The van der Waals surface area contributed by atoms with Crippen LogP contribution in [0.4, 0.5) is 5.69 Å². The van der Waals surface area contributed by atoms with Crippen LogP contribution in [0.15, 0.2) is 70.6 Å². The zero-order chi connectivity index (χ0) is 27.9. The summed E-state index contributed by atoms with van der Waals surface area (Å²) in [5, 5.41) is 1.48. The normalized spacial score (nSPS) is 15.2. The zero-order valence-corrected chi connectivity index (χ0v) is 23.9. The second-order valence-corrected chi connectivity index (χ2v) is 10.1. The molecule has 1 heterocycles. The Morgan fingerprint density at radius 1 is 0.949 bits per heavy atom. The number of hydrogen-bond donors (Lipinski definition) is 0. The van der Waals surface area contributed by atoms with E-state index in [9.17, 15) is 9.59 Å². The number of aliphatic imine (C=N–C) groups is 1. The van der Waals surface area contributed by atoms with Crippen molar-refractivity contribution in [1.82, 2.24) is 4.90 Å². The molecule has 0 aliphatic carbocycles. The lowest BCUT2D eigenvalue weighted by molar-refractivity contribution is -0.121. The van der Waals surface area contributed by atoms with Crippen molar-refractivity contribution < 1.29 is 23.8 Å². The van der Waals surface area contributed by atoms with Gasteiger partial charge >= 0.3 is 5.97 Å². The molecule has 0 bridgehead atoms. The summed E-state index contributed by atoms with van der Waals surface area (Å²) in [6.07, 6.45) is 1.79. The van der Waals surface area contributed by atoms with Crippen LogP contribution in [-0.2, 0) is 16.1 Å². The fourth-order valence-electron chi connectivity index (χ4n) is 3.59. The smallest absolute Gasteiger partial charge is 0.338 e. The summed E-state index contributed by atoms with van der Waals surface area (Å²) in [6, 6.07) is 17.6. The van der Waals surface area contributed by atoms with E-state index in [0.29, 0.717) is 56.1 Å². The average molecular weight is 586 g/mol. The molecule has 202 valence electrons. The molecule has 0 atom stereocenters. The van der Waals surface area contributed by atoms with E-state index in [1.807, 2.05) is 31.2 Å². The van der Waals surface area contributed by atoms with Crippen molar-refractivity contribution in [3.05, 3.63) is 92.3 Å². The number of carbonyl (C=O) groups is 2. The van der Waals surface area contributed by atoms with Crippen LogP contribution in [0.1, 0.15) is 35.3 Å². The Morgan fingerprint density at radius 2 is 1.72 bits per heavy atom. The van der Waals surface area contributed by atoms with E-state index in [0.717, 1.165) is 11.1 Å². The molecule has 1 amide bonds. The molecule has 0 spiro atoms. The van der Waals surface area contributed by atoms with Crippen LogP contribution in [0.5, 0.6) is 11.5 Å². The first-order valence-corrected chi connectivity index (χ1v) is 13.7. The molecule has 1 fully saturated rings. The predicted octanol–water partition coefficient (Wildman–Crippen LogP) is 7.38. The molecule has 1 aliphatic rings. The highest BCUT2D eigenvalue weighted by atomic mass is 35.5. The summed E-state index contributed by atoms with van der Waals surface area (Å²) >= 11 is 13.4. The highest BCUT2D eigenvalue weighted by Crippen LogP contribution is 2.36. The summed E-state index contributed by atoms with van der Waals surface area (Å²) in [7, 11) is 1.67. The highest BCUT2D eigenvalue weighted by molar-refractivity contribution is 8.18. The van der Waals surface area contributed by atoms with E-state index in [4.69, 9.17) is 37.4 Å². The number of esters is 1. The van der Waals surface area contributed by atoms with Crippen molar-refractivity contribution >= 4 is 63.8 Å². The van der Waals surface area contributed by atoms with Crippen LogP contribution in [0.2, 0.25) is 10.0 Å². The second kappa shape index (κ2) is 13.1. The maximum Gasteiger partial charge on any atom is 0.338 e. The first-order chi connectivity index (χ1) is 18.8. The number of nitrogens with zero attached hydrogens (tertiary/aromatic N) is 2. The number of halogens is 2. The molecule has 1 aliphatic heterocycles. The minimum atomic E-state index is -0.387. The van der Waals surface area contributed by atoms with Crippen molar-refractivity contribution in [2.45, 2.75) is 20.5 Å². The van der Waals surface area contributed by atoms with Crippen molar-refractivity contribution in [2.75, 3.05) is 20.3 Å². The SMILES string of the molecule is CCOC(=O)c1ccc(N=C2SC(=Cc3ccc(OCc4ccc(Cl)c(Cl)c4)c(OCC)c3)C(=O)N2C)cc1. The summed E-state index contributed by atoms with van der Waals surface area (Å²) < 4.78 is 16.8. The molecule has 4 rings (SSSR count). The minimum absolute atomic E-state index is 0.167. The summed E-state index contributed by atoms with van der Waals surface area (Å²) in [5.74, 6) is 0.578. The molecule has 1 saturated heterocycles. The van der Waals surface area contributed by atoms with Crippen LogP contribution in [0, 0.1) is 0 Å². The quantitative estimate of drug-likeness (QED) is 0.193. The number of carbonyl (C=O) groups excluding carboxylic acids is 2. The number of thioether (sulfide) groups is 1. The Balaban J connectivity index is 1.50. The molecule has 0 saturated carbocycles. The average Bonchev–Trinajstić information content (AvgIpc) is 3.18. The first-order valence-electron chi connectivity index (χ1n) is 12.2. The number of amides is 1. The number of benzene rings is 3. The van der Waals surface area contributed by atoms with Gasteiger partial charge in [-0.25, -0.2) is 9.79 Å². The van der Waals surface area contributed by atoms with Crippen molar-refractivity contribution in [3.8, 4) is 11.5 Å². The van der Waals surface area contributed by atoms with Gasteiger partial charge in [0.2, 0.25) is 0 Å². The molecule has 3 aromatic rings. The molecule has 0 N–H and O–H groups in total. The fourth-order valence-corrected chi connectivity index (χ4v) is 4.90. The summed E-state index contributed by atoms with van der Waals surface area (Å²) in [5.41, 5.74) is 2.72. The lowest BCUT2D eigenvalue weighted by atomic mass is 10.1. The molecule has 0 radical (unpaired) electrons. The van der Waals surface area contributed by atoms with E-state index in [-0.39, 0.29) is 18.5 Å². The van der Waals surface area contributed by atoms with Crippen molar-refractivity contribution in [1.29, 1.82) is 0 Å². The zero-order valence-electron chi connectivity index (χ0n) is 21.6. The number of amidine groups is 1. The van der Waals surface area contributed by atoms with Gasteiger partial charge in [0.15, 0.2) is 16.7 Å². The van der Waals surface area contributed by atoms with Gasteiger partial charge in [-0.05, 0) is 91.3 Å². The van der Waals surface area contributed by atoms with Gasteiger partial charge in [0.25, 0.3) is 5.91 Å². The number of hydrogen-bond acceptors (Lipinski definition) is 7. The Bertz CT molecular complexity index is 1440. The van der Waals surface area contributed by atoms with Gasteiger partial charge in [-0.3, -0.25) is 9.69 Å². The fraction of sp³-hybridized carbons (Fsp3) is 0.207. The first kappa shape index (κ1) is 28.5. The van der Waals surface area contributed by atoms with Crippen LogP contribution >= 0.6 is 35.0 Å². The maximum atomic E-state index is 12.9. The van der Waals surface area contributed by atoms with E-state index < -0.39 is 0 Å². The molecule has 3 aromatic carbocycles. The minimum Gasteiger partial charge on any atom is -0.490 e. The van der Waals surface area contributed by atoms with E-state index in [2.05, 4.69) is 4.99 Å². The molecule has 10 heteroatoms. The maximum absolute atomic E-state index is 12.9. The Morgan fingerprint density at radius 3 is 2.41 bits per heavy atom. The van der Waals surface area contributed by atoms with Gasteiger partial charge in [0, 0.05) is 7.05 Å². The third kappa shape index (κ3) is 7.15. The van der Waals surface area contributed by atoms with Crippen LogP contribution < -0.4 is 9.47 Å². The third-order valence-corrected chi connectivity index (χ3v) is 7.35. The van der Waals surface area contributed by atoms with Gasteiger partial charge in [0.05, 0.1) is 39.4 Å². The molecular weight excluding hydrogens is 559 g/mol. The summed E-state index contributed by atoms with van der Waals surface area (Å²) in [6.45, 7) is 4.69. The Kier molecular flexibility index (Phi) is 9.56. The van der Waals surface area contributed by atoms with E-state index >= 15 is 0 Å². The highest BCUT2D eigenvalue weighted by Gasteiger charge is 2.30. The van der Waals surface area contributed by atoms with Gasteiger partial charge in [-0.15, -0.1) is 0 Å². The van der Waals surface area contributed by atoms with Gasteiger partial charge < -0.3 is 14.2 Å². The number of ether oxygens (including phenoxy) is 3. The van der Waals surface area contributed by atoms with Gasteiger partial charge in [-0.1, -0.05) is 35.3 Å². The molecule has 0 aromatic heterocycles. The molecule has 0 unspecified atom stereocenters. The Labute approximate surface area is 241 Å². The van der Waals surface area contributed by atoms with Crippen molar-refractivity contribution in [2.24, 2.45) is 4.99 Å². The topological polar surface area (TPSA) is 77.4 Å². The largest absolute Gasteiger partial charge is 0.490 e. The van der Waals surface area contributed by atoms with Crippen LogP contribution in [0.25, 0.3) is 6.08 Å². The lowest BCUT2D eigenvalue weighted by Gasteiger charge is -2.13. The predicted molar refractivity (Wildman–Crippen MR) is 156 cm³/mol. The number of likely N-dealkylation sites (N-methyl/N-ethyl adjacent to an activating group) is 1. The van der Waals surface area contributed by atoms with Gasteiger partial charge in [0.1, 0.15) is 6.61 Å². The molecular formula is C29H26Cl2N2O5S. The Hall–Kier alpha value is -3.46. The second-order valence-electron chi connectivity index (χ2n) is 8.31. The van der Waals surface area contributed by atoms with Crippen LogP contribution in [-0.4, -0.2) is 42.2 Å². The van der Waals surface area contributed by atoms with Crippen molar-refractivity contribution in [3.63, 3.8) is 0 Å². The van der Waals surface area contributed by atoms with E-state index in [1.54, 1.807) is 56.4 Å². The standard InChI is InChI=1S/C29H26Cl2N2O5S/c1-4-36-25-15-18(7-13-24(25)38-17-19-6-12-22(30)23(31)14-19)16-26-27(34)33(3)29(39-26)32-21-10-8-20(9-11-21)28(35)37-5-2/h6-16H,4-5,17H2,1-3H3. The molecule has 7 nitrogen and oxygen atoms in total. The summed E-state index contributed by atoms with van der Waals surface area (Å²) in [4.78, 5) is 31.4. The number of rotatable bonds is 9. The lowest BCUT2D eigenvalue weighted by Crippen LogP contribution is -2.23. The molecule has 39 heavy (non-hydrogen) atoms.